The second kappa shape index (κ2) is 9.45. The van der Waals surface area contributed by atoms with Gasteiger partial charge in [0.25, 0.3) is 0 Å². The minimum absolute atomic E-state index is 0.0260. The van der Waals surface area contributed by atoms with Gasteiger partial charge in [0.2, 0.25) is 0 Å². The summed E-state index contributed by atoms with van der Waals surface area (Å²) in [7, 11) is 0.406. The van der Waals surface area contributed by atoms with Gasteiger partial charge in [0.05, 0.1) is 28.1 Å². The number of halogens is 1. The monoisotopic (exact) mass is 467 g/mol. The van der Waals surface area contributed by atoms with Crippen molar-refractivity contribution in [2.24, 2.45) is 5.10 Å². The second-order valence-electron chi connectivity index (χ2n) is 8.14. The first-order valence-corrected chi connectivity index (χ1v) is 12.5. The van der Waals surface area contributed by atoms with Crippen LogP contribution in [0.5, 0.6) is 0 Å². The number of sulfone groups is 1. The Morgan fingerprint density at radius 2 is 1.62 bits per heavy atom. The summed E-state index contributed by atoms with van der Waals surface area (Å²) >= 11 is 6.06. The van der Waals surface area contributed by atoms with Crippen molar-refractivity contribution >= 4 is 32.8 Å². The predicted octanol–water partition coefficient (Wildman–Crippen LogP) is 5.03. The molecule has 0 saturated heterocycles. The van der Waals surface area contributed by atoms with E-state index in [0.717, 1.165) is 28.9 Å². The largest absolute Gasteiger partial charge is 0.308 e. The highest BCUT2D eigenvalue weighted by Crippen LogP contribution is 2.37. The molecule has 3 aromatic carbocycles. The molecular formula is C25H26ClN3O2S. The van der Waals surface area contributed by atoms with Crippen LogP contribution in [0, 0.1) is 0 Å². The van der Waals surface area contributed by atoms with E-state index in [1.807, 2.05) is 78.6 Å². The Kier molecular flexibility index (Phi) is 6.65. The summed E-state index contributed by atoms with van der Waals surface area (Å²) in [5.74, 6) is 0.0918. The fraction of sp³-hybridized carbons (Fsp3) is 0.240. The maximum atomic E-state index is 12.6. The summed E-state index contributed by atoms with van der Waals surface area (Å²) in [6.07, 6.45) is 0.745. The van der Waals surface area contributed by atoms with Gasteiger partial charge < -0.3 is 4.90 Å². The molecule has 0 N–H and O–H groups in total. The standard InChI is InChI=1S/C25H26ClN3O2S/c1-28(2)16-17-32(30,31)23-14-12-22(13-15-23)29-25(20-6-4-3-5-7-20)18-24(27-29)19-8-10-21(26)11-9-19/h3-15,25H,16-18H2,1-2H3. The Bertz CT molecular complexity index is 1190. The minimum atomic E-state index is -3.33. The molecule has 1 aliphatic rings. The van der Waals surface area contributed by atoms with E-state index in [9.17, 15) is 8.42 Å². The Labute approximate surface area is 194 Å². The molecule has 0 aliphatic carbocycles. The smallest absolute Gasteiger partial charge is 0.179 e. The van der Waals surface area contributed by atoms with Crippen LogP contribution in [0.15, 0.2) is 88.9 Å². The van der Waals surface area contributed by atoms with Gasteiger partial charge >= 0.3 is 0 Å². The number of nitrogens with zero attached hydrogens (tertiary/aromatic N) is 3. The van der Waals surface area contributed by atoms with Crippen LogP contribution < -0.4 is 5.01 Å². The van der Waals surface area contributed by atoms with E-state index in [4.69, 9.17) is 16.7 Å². The van der Waals surface area contributed by atoms with Gasteiger partial charge in [-0.3, -0.25) is 5.01 Å². The van der Waals surface area contributed by atoms with Gasteiger partial charge in [-0.25, -0.2) is 8.42 Å². The van der Waals surface area contributed by atoms with Gasteiger partial charge in [0, 0.05) is 18.0 Å². The second-order valence-corrected chi connectivity index (χ2v) is 10.7. The van der Waals surface area contributed by atoms with E-state index >= 15 is 0 Å². The Balaban J connectivity index is 1.65. The van der Waals surface area contributed by atoms with Crippen LogP contribution in [0.1, 0.15) is 23.6 Å². The molecule has 0 aromatic heterocycles. The van der Waals surface area contributed by atoms with Crippen LogP contribution in [0.3, 0.4) is 0 Å². The molecule has 7 heteroatoms. The zero-order chi connectivity index (χ0) is 22.7. The molecule has 0 fully saturated rings. The van der Waals surface area contributed by atoms with Crippen LogP contribution in [0.4, 0.5) is 5.69 Å². The zero-order valence-electron chi connectivity index (χ0n) is 18.1. The van der Waals surface area contributed by atoms with Crippen molar-refractivity contribution in [2.45, 2.75) is 17.4 Å². The van der Waals surface area contributed by atoms with Crippen LogP contribution >= 0.6 is 11.6 Å². The molecule has 1 heterocycles. The van der Waals surface area contributed by atoms with E-state index in [-0.39, 0.29) is 11.8 Å². The van der Waals surface area contributed by atoms with E-state index < -0.39 is 9.84 Å². The van der Waals surface area contributed by atoms with Gasteiger partial charge in [-0.1, -0.05) is 54.1 Å². The number of anilines is 1. The fourth-order valence-electron chi connectivity index (χ4n) is 3.73. The third-order valence-electron chi connectivity index (χ3n) is 5.54. The molecule has 32 heavy (non-hydrogen) atoms. The first-order chi connectivity index (χ1) is 15.3. The number of hydrogen-bond donors (Lipinski definition) is 0. The Hall–Kier alpha value is -2.67. The van der Waals surface area contributed by atoms with Crippen molar-refractivity contribution < 1.29 is 8.42 Å². The van der Waals surface area contributed by atoms with Crippen molar-refractivity contribution in [1.29, 1.82) is 0 Å². The first-order valence-electron chi connectivity index (χ1n) is 10.5. The van der Waals surface area contributed by atoms with Gasteiger partial charge in [-0.2, -0.15) is 5.10 Å². The molecule has 1 atom stereocenters. The normalized spacial score (nSPS) is 16.4. The lowest BCUT2D eigenvalue weighted by atomic mass is 9.98. The summed E-state index contributed by atoms with van der Waals surface area (Å²) in [5, 5.41) is 7.59. The van der Waals surface area contributed by atoms with Crippen LogP contribution in [0.25, 0.3) is 0 Å². The Morgan fingerprint density at radius 1 is 0.969 bits per heavy atom. The molecule has 4 rings (SSSR count). The SMILES string of the molecule is CN(C)CCS(=O)(=O)c1ccc(N2N=C(c3ccc(Cl)cc3)CC2c2ccccc2)cc1. The molecule has 3 aromatic rings. The number of benzene rings is 3. The van der Waals surface area contributed by atoms with E-state index in [0.29, 0.717) is 16.5 Å². The molecule has 1 aliphatic heterocycles. The average molecular weight is 468 g/mol. The van der Waals surface area contributed by atoms with Gasteiger partial charge in [0.1, 0.15) is 0 Å². The lowest BCUT2D eigenvalue weighted by Crippen LogP contribution is -2.22. The third kappa shape index (κ3) is 5.04. The highest BCUT2D eigenvalue weighted by molar-refractivity contribution is 7.91. The average Bonchev–Trinajstić information content (AvgIpc) is 3.24. The predicted molar refractivity (Wildman–Crippen MR) is 131 cm³/mol. The zero-order valence-corrected chi connectivity index (χ0v) is 19.7. The van der Waals surface area contributed by atoms with Crippen molar-refractivity contribution in [3.8, 4) is 0 Å². The van der Waals surface area contributed by atoms with Crippen LogP contribution in [-0.4, -0.2) is 45.4 Å². The van der Waals surface area contributed by atoms with Crippen molar-refractivity contribution in [3.05, 3.63) is 95.0 Å². The topological polar surface area (TPSA) is 53.0 Å². The molecule has 5 nitrogen and oxygen atoms in total. The third-order valence-corrected chi connectivity index (χ3v) is 7.50. The van der Waals surface area contributed by atoms with Gasteiger partial charge in [-0.15, -0.1) is 0 Å². The number of rotatable bonds is 7. The molecule has 0 saturated carbocycles. The maximum Gasteiger partial charge on any atom is 0.179 e. The summed E-state index contributed by atoms with van der Waals surface area (Å²) in [4.78, 5) is 2.20. The van der Waals surface area contributed by atoms with Crippen molar-refractivity contribution in [2.75, 3.05) is 31.4 Å². The van der Waals surface area contributed by atoms with Crippen LogP contribution in [-0.2, 0) is 9.84 Å². The summed E-state index contributed by atoms with van der Waals surface area (Å²) in [6, 6.07) is 25.0. The highest BCUT2D eigenvalue weighted by Gasteiger charge is 2.30. The maximum absolute atomic E-state index is 12.6. The lowest BCUT2D eigenvalue weighted by molar-refractivity contribution is 0.432. The lowest BCUT2D eigenvalue weighted by Gasteiger charge is -2.24. The highest BCUT2D eigenvalue weighted by atomic mass is 35.5. The molecule has 0 spiro atoms. The molecule has 166 valence electrons. The summed E-state index contributed by atoms with van der Waals surface area (Å²) in [5.41, 5.74) is 4.01. The van der Waals surface area contributed by atoms with Crippen molar-refractivity contribution in [1.82, 2.24) is 4.90 Å². The minimum Gasteiger partial charge on any atom is -0.308 e. The van der Waals surface area contributed by atoms with Gasteiger partial charge in [-0.05, 0) is 61.6 Å². The molecular weight excluding hydrogens is 442 g/mol. The summed E-state index contributed by atoms with van der Waals surface area (Å²) in [6.45, 7) is 0.487. The van der Waals surface area contributed by atoms with E-state index in [2.05, 4.69) is 12.1 Å². The fourth-order valence-corrected chi connectivity index (χ4v) is 5.24. The first kappa shape index (κ1) is 22.5. The van der Waals surface area contributed by atoms with Gasteiger partial charge in [0.15, 0.2) is 9.84 Å². The Morgan fingerprint density at radius 3 is 2.25 bits per heavy atom. The quantitative estimate of drug-likeness (QED) is 0.489. The van der Waals surface area contributed by atoms with Crippen LogP contribution in [0.2, 0.25) is 5.02 Å². The molecule has 0 bridgehead atoms. The molecule has 0 amide bonds. The molecule has 1 unspecified atom stereocenters. The molecule has 0 radical (unpaired) electrons. The number of hydrogen-bond acceptors (Lipinski definition) is 5. The van der Waals surface area contributed by atoms with E-state index in [1.165, 1.54) is 0 Å². The van der Waals surface area contributed by atoms with Crippen molar-refractivity contribution in [3.63, 3.8) is 0 Å². The number of hydrazone groups is 1. The van der Waals surface area contributed by atoms with E-state index in [1.54, 1.807) is 12.1 Å². The summed E-state index contributed by atoms with van der Waals surface area (Å²) < 4.78 is 25.3.